The molecule has 2 nitrogen and oxygen atoms in total. The van der Waals surface area contributed by atoms with Gasteiger partial charge in [0.2, 0.25) is 0 Å². The molecule has 0 aromatic heterocycles. The highest BCUT2D eigenvalue weighted by Gasteiger charge is 2.23. The molecule has 1 aliphatic heterocycles. The Bertz CT molecular complexity index is 464. The zero-order chi connectivity index (χ0) is 11.9. The van der Waals surface area contributed by atoms with Gasteiger partial charge in [-0.3, -0.25) is 0 Å². The average molecular weight is 298 g/mol. The van der Waals surface area contributed by atoms with E-state index < -0.39 is 0 Å². The van der Waals surface area contributed by atoms with Crippen molar-refractivity contribution < 1.29 is 5.11 Å². The van der Waals surface area contributed by atoms with Crippen molar-refractivity contribution in [3.63, 3.8) is 0 Å². The number of rotatable bonds is 1. The van der Waals surface area contributed by atoms with E-state index in [4.69, 9.17) is 0 Å². The van der Waals surface area contributed by atoms with Gasteiger partial charge in [-0.15, -0.1) is 17.0 Å². The molecule has 0 unspecified atom stereocenters. The molecule has 17 heavy (non-hydrogen) atoms. The van der Waals surface area contributed by atoms with Crippen LogP contribution in [0.25, 0.3) is 5.57 Å². The molecule has 2 N–H and O–H groups in total. The molecule has 0 saturated carbocycles. The number of benzene rings is 1. The molecular weight excluding hydrogens is 278 g/mol. The Morgan fingerprint density at radius 1 is 1.29 bits per heavy atom. The zero-order valence-electron chi connectivity index (χ0n) is 10.8. The number of hydrogen-bond donors (Lipinski definition) is 2. The smallest absolute Gasteiger partial charge is 0.120 e. The van der Waals surface area contributed by atoms with Crippen molar-refractivity contribution in [1.29, 1.82) is 0 Å². The van der Waals surface area contributed by atoms with Crippen LogP contribution in [0.5, 0.6) is 5.75 Å². The summed E-state index contributed by atoms with van der Waals surface area (Å²) in [5.41, 5.74) is 4.46. The van der Waals surface area contributed by atoms with Crippen LogP contribution < -0.4 is 5.32 Å². The first kappa shape index (κ1) is 14.1. The Kier molecular flexibility index (Phi) is 3.92. The molecule has 0 saturated heterocycles. The quantitative estimate of drug-likeness (QED) is 0.816. The average Bonchev–Trinajstić information content (AvgIpc) is 2.14. The van der Waals surface area contributed by atoms with E-state index in [0.29, 0.717) is 5.75 Å². The van der Waals surface area contributed by atoms with E-state index in [1.54, 1.807) is 0 Å². The number of fused-ring (bicyclic) bond motifs is 1. The van der Waals surface area contributed by atoms with Gasteiger partial charge in [-0.05, 0) is 44.4 Å². The van der Waals surface area contributed by atoms with Crippen LogP contribution in [0.3, 0.4) is 0 Å². The topological polar surface area (TPSA) is 32.3 Å². The Labute approximate surface area is 114 Å². The van der Waals surface area contributed by atoms with Crippen LogP contribution in [0.15, 0.2) is 18.2 Å². The lowest BCUT2D eigenvalue weighted by Gasteiger charge is -2.31. The second-order valence-corrected chi connectivity index (χ2v) is 5.05. The molecule has 1 aliphatic rings. The zero-order valence-corrected chi connectivity index (χ0v) is 12.5. The molecule has 94 valence electrons. The molecule has 2 rings (SSSR count). The van der Waals surface area contributed by atoms with Crippen molar-refractivity contribution >= 4 is 28.2 Å². The summed E-state index contributed by atoms with van der Waals surface area (Å²) in [6, 6.07) is 3.92. The predicted octanol–water partition coefficient (Wildman–Crippen LogP) is 4.14. The monoisotopic (exact) mass is 297 g/mol. The van der Waals surface area contributed by atoms with Crippen molar-refractivity contribution in [2.24, 2.45) is 0 Å². The Balaban J connectivity index is 0.00000144. The van der Waals surface area contributed by atoms with Gasteiger partial charge < -0.3 is 10.4 Å². The third-order valence-corrected chi connectivity index (χ3v) is 3.06. The fraction of sp³-hybridized carbons (Fsp3) is 0.429. The van der Waals surface area contributed by atoms with Crippen LogP contribution in [0, 0.1) is 0 Å². The van der Waals surface area contributed by atoms with Crippen LogP contribution in [-0.2, 0) is 6.42 Å². The molecular formula is C14H20BrNO. The van der Waals surface area contributed by atoms with E-state index in [0.717, 1.165) is 17.7 Å². The molecule has 1 heterocycles. The second kappa shape index (κ2) is 4.73. The van der Waals surface area contributed by atoms with Crippen molar-refractivity contribution in [2.45, 2.75) is 39.7 Å². The van der Waals surface area contributed by atoms with Crippen LogP contribution in [0.4, 0.5) is 5.69 Å². The molecule has 0 aliphatic carbocycles. The van der Waals surface area contributed by atoms with Crippen LogP contribution >= 0.6 is 17.0 Å². The standard InChI is InChI=1S/C14H19NO.BrH/c1-5-10-6-11-9(2)8-14(3,4)15-12(11)7-13(10)16;/h6-8,15-16H,5H2,1-4H3;1H. The Morgan fingerprint density at radius 3 is 2.53 bits per heavy atom. The predicted molar refractivity (Wildman–Crippen MR) is 79.2 cm³/mol. The van der Waals surface area contributed by atoms with E-state index in [1.807, 2.05) is 6.07 Å². The van der Waals surface area contributed by atoms with Gasteiger partial charge in [0.1, 0.15) is 5.75 Å². The minimum absolute atomic E-state index is 0. The first-order chi connectivity index (χ1) is 7.43. The first-order valence-electron chi connectivity index (χ1n) is 5.77. The summed E-state index contributed by atoms with van der Waals surface area (Å²) >= 11 is 0. The number of allylic oxidation sites excluding steroid dienone is 1. The number of phenolic OH excluding ortho intramolecular Hbond substituents is 1. The summed E-state index contributed by atoms with van der Waals surface area (Å²) in [6.07, 6.45) is 3.08. The van der Waals surface area contributed by atoms with Gasteiger partial charge in [-0.1, -0.05) is 13.0 Å². The maximum absolute atomic E-state index is 9.86. The van der Waals surface area contributed by atoms with Gasteiger partial charge in [0.25, 0.3) is 0 Å². The minimum atomic E-state index is -0.0444. The number of anilines is 1. The number of nitrogens with one attached hydrogen (secondary N) is 1. The third kappa shape index (κ3) is 2.65. The van der Waals surface area contributed by atoms with Crippen LogP contribution in [0.2, 0.25) is 0 Å². The van der Waals surface area contributed by atoms with E-state index in [-0.39, 0.29) is 22.5 Å². The van der Waals surface area contributed by atoms with E-state index >= 15 is 0 Å². The normalized spacial score (nSPS) is 16.4. The number of halogens is 1. The summed E-state index contributed by atoms with van der Waals surface area (Å²) in [5.74, 6) is 0.388. The fourth-order valence-corrected chi connectivity index (χ4v) is 2.35. The van der Waals surface area contributed by atoms with Gasteiger partial charge >= 0.3 is 0 Å². The fourth-order valence-electron chi connectivity index (χ4n) is 2.35. The van der Waals surface area contributed by atoms with Gasteiger partial charge in [-0.2, -0.15) is 0 Å². The molecule has 0 radical (unpaired) electrons. The van der Waals surface area contributed by atoms with Gasteiger partial charge in [0.15, 0.2) is 0 Å². The van der Waals surface area contributed by atoms with Crippen LogP contribution in [0.1, 0.15) is 38.8 Å². The largest absolute Gasteiger partial charge is 0.508 e. The molecule has 0 atom stereocenters. The maximum Gasteiger partial charge on any atom is 0.120 e. The molecule has 0 bridgehead atoms. The lowest BCUT2D eigenvalue weighted by molar-refractivity contribution is 0.469. The molecule has 0 fully saturated rings. The van der Waals surface area contributed by atoms with E-state index in [1.165, 1.54) is 11.1 Å². The van der Waals surface area contributed by atoms with Gasteiger partial charge in [0.05, 0.1) is 5.54 Å². The second-order valence-electron chi connectivity index (χ2n) is 5.05. The van der Waals surface area contributed by atoms with Crippen LogP contribution in [-0.4, -0.2) is 10.6 Å². The molecule has 1 aromatic carbocycles. The molecule has 3 heteroatoms. The minimum Gasteiger partial charge on any atom is -0.508 e. The first-order valence-corrected chi connectivity index (χ1v) is 5.77. The van der Waals surface area contributed by atoms with Gasteiger partial charge in [0, 0.05) is 17.3 Å². The van der Waals surface area contributed by atoms with Crippen molar-refractivity contribution in [3.8, 4) is 5.75 Å². The number of aryl methyl sites for hydroxylation is 1. The summed E-state index contributed by atoms with van der Waals surface area (Å²) in [5, 5.41) is 13.3. The number of hydrogen-bond acceptors (Lipinski definition) is 2. The van der Waals surface area contributed by atoms with Gasteiger partial charge in [-0.25, -0.2) is 0 Å². The van der Waals surface area contributed by atoms with Crippen molar-refractivity contribution in [2.75, 3.05) is 5.32 Å². The highest BCUT2D eigenvalue weighted by molar-refractivity contribution is 8.93. The summed E-state index contributed by atoms with van der Waals surface area (Å²) < 4.78 is 0. The Hall–Kier alpha value is -0.960. The lowest BCUT2D eigenvalue weighted by Crippen LogP contribution is -2.31. The number of phenols is 1. The third-order valence-electron chi connectivity index (χ3n) is 3.06. The molecule has 0 spiro atoms. The van der Waals surface area contributed by atoms with E-state index in [2.05, 4.69) is 45.2 Å². The lowest BCUT2D eigenvalue weighted by atomic mass is 9.90. The maximum atomic E-state index is 9.86. The van der Waals surface area contributed by atoms with Crippen molar-refractivity contribution in [3.05, 3.63) is 29.3 Å². The summed E-state index contributed by atoms with van der Waals surface area (Å²) in [4.78, 5) is 0. The SMILES string of the molecule is Br.CCc1cc2c(cc1O)NC(C)(C)C=C2C. The highest BCUT2D eigenvalue weighted by Crippen LogP contribution is 2.37. The van der Waals surface area contributed by atoms with Crippen molar-refractivity contribution in [1.82, 2.24) is 0 Å². The highest BCUT2D eigenvalue weighted by atomic mass is 79.9. The molecule has 1 aromatic rings. The molecule has 0 amide bonds. The van der Waals surface area contributed by atoms with E-state index in [9.17, 15) is 5.11 Å². The number of aromatic hydroxyl groups is 1. The Morgan fingerprint density at radius 2 is 1.94 bits per heavy atom. The summed E-state index contributed by atoms with van der Waals surface area (Å²) in [7, 11) is 0. The summed E-state index contributed by atoms with van der Waals surface area (Å²) in [6.45, 7) is 8.44.